The summed E-state index contributed by atoms with van der Waals surface area (Å²) in [5.41, 5.74) is 7.21. The number of carbonyl (C=O) groups is 1. The van der Waals surface area contributed by atoms with Crippen molar-refractivity contribution in [3.8, 4) is 9.88 Å². The Bertz CT molecular complexity index is 920. The molecule has 26 heavy (non-hydrogen) atoms. The fraction of sp³-hybridized carbons (Fsp3) is 0.368. The Morgan fingerprint density at radius 1 is 1.12 bits per heavy atom. The van der Waals surface area contributed by atoms with E-state index in [1.807, 2.05) is 35.2 Å². The maximum Gasteiger partial charge on any atom is 0.263 e. The number of thiophene rings is 1. The van der Waals surface area contributed by atoms with Gasteiger partial charge < -0.3 is 10.6 Å². The van der Waals surface area contributed by atoms with Gasteiger partial charge in [-0.2, -0.15) is 0 Å². The minimum atomic E-state index is 0. The molecule has 2 aliphatic rings. The molecule has 3 unspecified atom stereocenters. The van der Waals surface area contributed by atoms with Crippen LogP contribution in [0, 0.1) is 11.8 Å². The normalized spacial score (nSPS) is 24.7. The van der Waals surface area contributed by atoms with Crippen LogP contribution in [0.3, 0.4) is 0 Å². The van der Waals surface area contributed by atoms with Gasteiger partial charge in [-0.15, -0.1) is 35.1 Å². The molecule has 2 aromatic heterocycles. The van der Waals surface area contributed by atoms with Crippen molar-refractivity contribution in [3.05, 3.63) is 41.3 Å². The third-order valence-electron chi connectivity index (χ3n) is 5.52. The van der Waals surface area contributed by atoms with Gasteiger partial charge >= 0.3 is 0 Å². The second-order valence-electron chi connectivity index (χ2n) is 7.03. The van der Waals surface area contributed by atoms with Crippen molar-refractivity contribution < 1.29 is 4.79 Å². The Hall–Kier alpha value is -1.47. The zero-order chi connectivity index (χ0) is 17.0. The van der Waals surface area contributed by atoms with E-state index in [1.165, 1.54) is 4.70 Å². The molecular formula is C19H20ClN3OS2. The molecule has 7 heteroatoms. The number of aromatic nitrogens is 1. The van der Waals surface area contributed by atoms with Gasteiger partial charge in [-0.25, -0.2) is 4.98 Å². The van der Waals surface area contributed by atoms with E-state index in [2.05, 4.69) is 6.07 Å². The molecular weight excluding hydrogens is 386 g/mol. The van der Waals surface area contributed by atoms with Crippen LogP contribution in [0.5, 0.6) is 0 Å². The van der Waals surface area contributed by atoms with Gasteiger partial charge in [-0.3, -0.25) is 4.79 Å². The second kappa shape index (κ2) is 6.93. The molecule has 0 radical (unpaired) electrons. The lowest BCUT2D eigenvalue weighted by molar-refractivity contribution is 0.0784. The number of hydrogen-bond donors (Lipinski definition) is 1. The topological polar surface area (TPSA) is 59.2 Å². The third kappa shape index (κ3) is 2.95. The number of amides is 1. The lowest BCUT2D eigenvalue weighted by atomic mass is 9.98. The highest BCUT2D eigenvalue weighted by Gasteiger charge is 2.42. The first-order chi connectivity index (χ1) is 12.2. The highest BCUT2D eigenvalue weighted by atomic mass is 35.5. The summed E-state index contributed by atoms with van der Waals surface area (Å²) in [7, 11) is 0. The predicted molar refractivity (Wildman–Crippen MR) is 110 cm³/mol. The van der Waals surface area contributed by atoms with E-state index in [0.29, 0.717) is 11.8 Å². The summed E-state index contributed by atoms with van der Waals surface area (Å²) in [5.74, 6) is 1.24. The van der Waals surface area contributed by atoms with Gasteiger partial charge in [0.15, 0.2) is 0 Å². The van der Waals surface area contributed by atoms with Crippen molar-refractivity contribution in [2.45, 2.75) is 18.9 Å². The summed E-state index contributed by atoms with van der Waals surface area (Å²) in [6.07, 6.45) is 2.27. The lowest BCUT2D eigenvalue weighted by Gasteiger charge is -2.17. The number of carbonyl (C=O) groups excluding carboxylic acids is 1. The molecule has 1 aliphatic carbocycles. The number of thiazole rings is 1. The molecule has 0 spiro atoms. The highest BCUT2D eigenvalue weighted by Crippen LogP contribution is 2.39. The molecule has 5 rings (SSSR count). The lowest BCUT2D eigenvalue weighted by Crippen LogP contribution is -2.33. The van der Waals surface area contributed by atoms with Crippen LogP contribution in [0.25, 0.3) is 20.1 Å². The van der Waals surface area contributed by atoms with E-state index in [9.17, 15) is 4.79 Å². The molecule has 0 bridgehead atoms. The molecule has 2 fully saturated rings. The van der Waals surface area contributed by atoms with E-state index in [1.54, 1.807) is 22.7 Å². The van der Waals surface area contributed by atoms with E-state index in [0.717, 1.165) is 46.2 Å². The molecule has 4 nitrogen and oxygen atoms in total. The molecule has 1 aliphatic heterocycles. The van der Waals surface area contributed by atoms with Gasteiger partial charge in [0.25, 0.3) is 5.91 Å². The fourth-order valence-corrected chi connectivity index (χ4v) is 6.17. The SMILES string of the molecule is Cl.NC1CCC2CN(C(=O)c3ccc(-c4nc5ccccc5s4)s3)CC12. The number of nitrogens with two attached hydrogens (primary N) is 1. The summed E-state index contributed by atoms with van der Waals surface area (Å²) in [5, 5.41) is 0.991. The van der Waals surface area contributed by atoms with Crippen LogP contribution in [0.4, 0.5) is 0 Å². The number of rotatable bonds is 2. The summed E-state index contributed by atoms with van der Waals surface area (Å²) in [6, 6.07) is 12.4. The van der Waals surface area contributed by atoms with Crippen LogP contribution in [-0.4, -0.2) is 34.9 Å². The minimum Gasteiger partial charge on any atom is -0.337 e. The van der Waals surface area contributed by atoms with Crippen LogP contribution in [0.1, 0.15) is 22.5 Å². The standard InChI is InChI=1S/C19H19N3OS2.ClH/c20-13-6-5-11-9-22(10-12(11)13)19(23)17-8-7-16(24-17)18-21-14-3-1-2-4-15(14)25-18;/h1-4,7-8,11-13H,5-6,9-10,20H2;1H. The smallest absolute Gasteiger partial charge is 0.263 e. The van der Waals surface area contributed by atoms with Gasteiger partial charge in [0.05, 0.1) is 20.0 Å². The second-order valence-corrected chi connectivity index (χ2v) is 9.14. The maximum atomic E-state index is 12.9. The summed E-state index contributed by atoms with van der Waals surface area (Å²) in [6.45, 7) is 1.69. The summed E-state index contributed by atoms with van der Waals surface area (Å²) in [4.78, 5) is 21.5. The van der Waals surface area contributed by atoms with Crippen molar-refractivity contribution in [2.24, 2.45) is 17.6 Å². The number of nitrogens with zero attached hydrogens (tertiary/aromatic N) is 2. The molecule has 1 saturated heterocycles. The number of fused-ring (bicyclic) bond motifs is 2. The van der Waals surface area contributed by atoms with Crippen molar-refractivity contribution in [3.63, 3.8) is 0 Å². The van der Waals surface area contributed by atoms with Crippen LogP contribution in [0.15, 0.2) is 36.4 Å². The molecule has 1 amide bonds. The van der Waals surface area contributed by atoms with Crippen molar-refractivity contribution in [1.82, 2.24) is 9.88 Å². The van der Waals surface area contributed by atoms with E-state index < -0.39 is 0 Å². The minimum absolute atomic E-state index is 0. The maximum absolute atomic E-state index is 12.9. The summed E-state index contributed by atoms with van der Waals surface area (Å²) >= 11 is 3.23. The Balaban J connectivity index is 0.00000168. The van der Waals surface area contributed by atoms with Crippen LogP contribution in [-0.2, 0) is 0 Å². The molecule has 136 valence electrons. The number of para-hydroxylation sites is 1. The zero-order valence-electron chi connectivity index (χ0n) is 14.1. The molecule has 2 N–H and O–H groups in total. The van der Waals surface area contributed by atoms with Crippen molar-refractivity contribution in [1.29, 1.82) is 0 Å². The quantitative estimate of drug-likeness (QED) is 0.693. The molecule has 1 aromatic carbocycles. The number of benzene rings is 1. The van der Waals surface area contributed by atoms with Crippen LogP contribution in [0.2, 0.25) is 0 Å². The van der Waals surface area contributed by atoms with E-state index in [4.69, 9.17) is 10.7 Å². The zero-order valence-corrected chi connectivity index (χ0v) is 16.6. The highest BCUT2D eigenvalue weighted by molar-refractivity contribution is 7.26. The van der Waals surface area contributed by atoms with Crippen molar-refractivity contribution in [2.75, 3.05) is 13.1 Å². The number of likely N-dealkylation sites (tertiary alicyclic amines) is 1. The summed E-state index contributed by atoms with van der Waals surface area (Å²) < 4.78 is 1.18. The Morgan fingerprint density at radius 3 is 2.77 bits per heavy atom. The van der Waals surface area contributed by atoms with Gasteiger partial charge in [-0.1, -0.05) is 12.1 Å². The van der Waals surface area contributed by atoms with E-state index in [-0.39, 0.29) is 24.4 Å². The molecule has 3 heterocycles. The van der Waals surface area contributed by atoms with Gasteiger partial charge in [0.1, 0.15) is 5.01 Å². The van der Waals surface area contributed by atoms with Crippen LogP contribution >= 0.6 is 35.1 Å². The first kappa shape index (κ1) is 17.9. The van der Waals surface area contributed by atoms with Gasteiger partial charge in [0.2, 0.25) is 0 Å². The first-order valence-electron chi connectivity index (χ1n) is 8.69. The largest absolute Gasteiger partial charge is 0.337 e. The molecule has 3 aromatic rings. The Labute approximate surface area is 166 Å². The van der Waals surface area contributed by atoms with E-state index >= 15 is 0 Å². The van der Waals surface area contributed by atoms with Crippen molar-refractivity contribution >= 4 is 51.2 Å². The predicted octanol–water partition coefficient (Wildman–Crippen LogP) is 4.26. The third-order valence-corrected chi connectivity index (χ3v) is 7.80. The average molecular weight is 406 g/mol. The Morgan fingerprint density at radius 2 is 1.96 bits per heavy atom. The number of hydrogen-bond acceptors (Lipinski definition) is 5. The molecule has 1 saturated carbocycles. The monoisotopic (exact) mass is 405 g/mol. The number of halogens is 1. The van der Waals surface area contributed by atoms with Gasteiger partial charge in [-0.05, 0) is 48.9 Å². The molecule has 3 atom stereocenters. The Kier molecular flexibility index (Phi) is 4.77. The fourth-order valence-electron chi connectivity index (χ4n) is 4.17. The first-order valence-corrected chi connectivity index (χ1v) is 10.3. The average Bonchev–Trinajstić information content (AvgIpc) is 3.38. The van der Waals surface area contributed by atoms with Gasteiger partial charge in [0, 0.05) is 19.1 Å². The van der Waals surface area contributed by atoms with Crippen LogP contribution < -0.4 is 5.73 Å².